The van der Waals surface area contributed by atoms with Crippen molar-refractivity contribution in [1.82, 2.24) is 9.55 Å². The fourth-order valence-corrected chi connectivity index (χ4v) is 5.54. The number of anilines is 2. The summed E-state index contributed by atoms with van der Waals surface area (Å²) < 4.78 is 62.5. The molecule has 0 fully saturated rings. The number of imidazole rings is 1. The Morgan fingerprint density at radius 3 is 2.10 bits per heavy atom. The molecule has 0 amide bonds. The summed E-state index contributed by atoms with van der Waals surface area (Å²) in [6, 6.07) is 21.6. The molecule has 0 aliphatic carbocycles. The van der Waals surface area contributed by atoms with E-state index in [1.165, 1.54) is 25.3 Å². The van der Waals surface area contributed by atoms with Crippen molar-refractivity contribution in [3.05, 3.63) is 108 Å². The van der Waals surface area contributed by atoms with E-state index in [2.05, 4.69) is 4.98 Å². The first-order valence-electron chi connectivity index (χ1n) is 12.9. The lowest BCUT2D eigenvalue weighted by molar-refractivity contribution is 0.355. The number of hydrogen-bond acceptors (Lipinski definition) is 6. The van der Waals surface area contributed by atoms with Gasteiger partial charge in [-0.2, -0.15) is 0 Å². The normalized spacial score (nSPS) is 10.9. The summed E-state index contributed by atoms with van der Waals surface area (Å²) in [5.74, 6) is -0.0732. The number of nitrogens with zero attached hydrogens (tertiary/aromatic N) is 3. The summed E-state index contributed by atoms with van der Waals surface area (Å²) in [7, 11) is 6.33. The van der Waals surface area contributed by atoms with E-state index in [4.69, 9.17) is 14.2 Å². The lowest BCUT2D eigenvalue weighted by atomic mass is 10.0. The Morgan fingerprint density at radius 2 is 1.43 bits per heavy atom. The summed E-state index contributed by atoms with van der Waals surface area (Å²) in [4.78, 5) is 6.45. The average Bonchev–Trinajstić information content (AvgIpc) is 3.44. The number of hydrogen-bond donors (Lipinski definition) is 0. The van der Waals surface area contributed by atoms with Crippen molar-refractivity contribution in [2.75, 3.05) is 33.3 Å². The highest BCUT2D eigenvalue weighted by Crippen LogP contribution is 2.38. The van der Waals surface area contributed by atoms with E-state index in [9.17, 15) is 4.39 Å². The molecule has 0 saturated carbocycles. The van der Waals surface area contributed by atoms with E-state index in [-0.39, 0.29) is 17.1 Å². The molecule has 0 radical (unpaired) electrons. The SMILES string of the molecule is COc1cc(-n2c(N(C)c3ccc(OC)c(OC)c3)cnc2SCc2c(F)cc(-c3ccccc3)cc2F)ccc1F. The Bertz CT molecular complexity index is 1690. The maximum Gasteiger partial charge on any atom is 0.174 e. The van der Waals surface area contributed by atoms with Crippen LogP contribution in [0.1, 0.15) is 5.56 Å². The predicted octanol–water partition coefficient (Wildman–Crippen LogP) is 8.04. The molecule has 0 bridgehead atoms. The van der Waals surface area contributed by atoms with E-state index in [1.54, 1.807) is 55.3 Å². The first-order chi connectivity index (χ1) is 20.3. The van der Waals surface area contributed by atoms with Crippen molar-refractivity contribution < 1.29 is 27.4 Å². The van der Waals surface area contributed by atoms with E-state index < -0.39 is 17.5 Å². The number of rotatable bonds is 10. The first kappa shape index (κ1) is 28.9. The third-order valence-corrected chi connectivity index (χ3v) is 7.77. The van der Waals surface area contributed by atoms with E-state index in [1.807, 2.05) is 42.3 Å². The first-order valence-corrected chi connectivity index (χ1v) is 13.9. The van der Waals surface area contributed by atoms with E-state index in [0.29, 0.717) is 33.7 Å². The maximum atomic E-state index is 15.2. The molecule has 216 valence electrons. The minimum absolute atomic E-state index is 0.0262. The third kappa shape index (κ3) is 5.75. The fourth-order valence-electron chi connectivity index (χ4n) is 4.54. The zero-order valence-electron chi connectivity index (χ0n) is 23.4. The number of thioether (sulfide) groups is 1. The van der Waals surface area contributed by atoms with Crippen LogP contribution in [-0.4, -0.2) is 37.9 Å². The Balaban J connectivity index is 1.53. The highest BCUT2D eigenvalue weighted by molar-refractivity contribution is 7.98. The van der Waals surface area contributed by atoms with Gasteiger partial charge in [0, 0.05) is 36.2 Å². The molecule has 42 heavy (non-hydrogen) atoms. The van der Waals surface area contributed by atoms with Crippen LogP contribution in [0.4, 0.5) is 24.7 Å². The van der Waals surface area contributed by atoms with Crippen LogP contribution in [-0.2, 0) is 5.75 Å². The molecule has 4 aromatic carbocycles. The van der Waals surface area contributed by atoms with Gasteiger partial charge in [-0.3, -0.25) is 4.57 Å². The molecular formula is C32H28F3N3O3S. The average molecular weight is 592 g/mol. The van der Waals surface area contributed by atoms with Crippen molar-refractivity contribution in [2.24, 2.45) is 0 Å². The van der Waals surface area contributed by atoms with Gasteiger partial charge in [-0.1, -0.05) is 42.1 Å². The van der Waals surface area contributed by atoms with Crippen LogP contribution in [0.15, 0.2) is 90.2 Å². The predicted molar refractivity (Wildman–Crippen MR) is 159 cm³/mol. The molecule has 6 nitrogen and oxygen atoms in total. The summed E-state index contributed by atoms with van der Waals surface area (Å²) in [5.41, 5.74) is 2.42. The van der Waals surface area contributed by atoms with E-state index in [0.717, 1.165) is 23.0 Å². The minimum Gasteiger partial charge on any atom is -0.494 e. The molecule has 0 atom stereocenters. The molecular weight excluding hydrogens is 563 g/mol. The summed E-state index contributed by atoms with van der Waals surface area (Å²) >= 11 is 1.16. The standard InChI is InChI=1S/C32H28F3N3O3S/c1-37(22-11-13-28(39-2)30(16-22)41-4)31-18-36-32(38(31)23-10-12-25(33)29(17-23)40-3)42-19-24-26(34)14-21(15-27(24)35)20-8-6-5-7-9-20/h5-18H,19H2,1-4H3. The fraction of sp³-hybridized carbons (Fsp3) is 0.156. The van der Waals surface area contributed by atoms with Crippen molar-refractivity contribution >= 4 is 23.3 Å². The molecule has 10 heteroatoms. The second-order valence-electron chi connectivity index (χ2n) is 9.22. The molecule has 5 aromatic rings. The van der Waals surface area contributed by atoms with Gasteiger partial charge in [0.2, 0.25) is 0 Å². The highest BCUT2D eigenvalue weighted by atomic mass is 32.2. The molecule has 0 aliphatic rings. The van der Waals surface area contributed by atoms with Crippen LogP contribution in [0.2, 0.25) is 0 Å². The van der Waals surface area contributed by atoms with Gasteiger partial charge in [0.1, 0.15) is 17.5 Å². The molecule has 1 aromatic heterocycles. The zero-order chi connectivity index (χ0) is 29.8. The maximum absolute atomic E-state index is 15.2. The van der Waals surface area contributed by atoms with Gasteiger partial charge in [-0.15, -0.1) is 0 Å². The topological polar surface area (TPSA) is 48.8 Å². The van der Waals surface area contributed by atoms with Gasteiger partial charge in [-0.25, -0.2) is 18.2 Å². The summed E-state index contributed by atoms with van der Waals surface area (Å²) in [6.07, 6.45) is 1.64. The van der Waals surface area contributed by atoms with Crippen LogP contribution < -0.4 is 19.1 Å². The van der Waals surface area contributed by atoms with Crippen LogP contribution >= 0.6 is 11.8 Å². The van der Waals surface area contributed by atoms with Gasteiger partial charge in [0.15, 0.2) is 28.2 Å². The highest BCUT2D eigenvalue weighted by Gasteiger charge is 2.21. The van der Waals surface area contributed by atoms with Crippen LogP contribution in [0.5, 0.6) is 17.2 Å². The lowest BCUT2D eigenvalue weighted by Gasteiger charge is -2.23. The summed E-state index contributed by atoms with van der Waals surface area (Å²) in [6.45, 7) is 0. The molecule has 0 saturated heterocycles. The number of benzene rings is 4. The van der Waals surface area contributed by atoms with Crippen molar-refractivity contribution in [3.8, 4) is 34.1 Å². The Morgan fingerprint density at radius 1 is 0.738 bits per heavy atom. The second-order valence-corrected chi connectivity index (χ2v) is 10.2. The smallest absolute Gasteiger partial charge is 0.174 e. The largest absolute Gasteiger partial charge is 0.494 e. The molecule has 1 heterocycles. The van der Waals surface area contributed by atoms with Crippen molar-refractivity contribution in [3.63, 3.8) is 0 Å². The quantitative estimate of drug-likeness (QED) is 0.153. The van der Waals surface area contributed by atoms with Crippen LogP contribution in [0.3, 0.4) is 0 Å². The molecule has 0 aliphatic heterocycles. The van der Waals surface area contributed by atoms with Gasteiger partial charge < -0.3 is 19.1 Å². The van der Waals surface area contributed by atoms with Gasteiger partial charge in [0.05, 0.1) is 33.2 Å². The monoisotopic (exact) mass is 591 g/mol. The third-order valence-electron chi connectivity index (χ3n) is 6.80. The van der Waals surface area contributed by atoms with Gasteiger partial charge in [0.25, 0.3) is 0 Å². The van der Waals surface area contributed by atoms with E-state index >= 15 is 8.78 Å². The number of ether oxygens (including phenoxy) is 3. The van der Waals surface area contributed by atoms with Gasteiger partial charge in [-0.05, 0) is 47.5 Å². The number of halogens is 3. The Labute approximate surface area is 246 Å². The van der Waals surface area contributed by atoms with Crippen LogP contribution in [0, 0.1) is 17.5 Å². The zero-order valence-corrected chi connectivity index (χ0v) is 24.2. The van der Waals surface area contributed by atoms with Crippen molar-refractivity contribution in [1.29, 1.82) is 0 Å². The van der Waals surface area contributed by atoms with Gasteiger partial charge >= 0.3 is 0 Å². The molecule has 0 N–H and O–H groups in total. The molecule has 0 spiro atoms. The minimum atomic E-state index is -0.648. The number of methoxy groups -OCH3 is 3. The Hall–Kier alpha value is -4.57. The lowest BCUT2D eigenvalue weighted by Crippen LogP contribution is -2.14. The Kier molecular flexibility index (Phi) is 8.63. The molecule has 0 unspecified atom stereocenters. The van der Waals surface area contributed by atoms with Crippen LogP contribution in [0.25, 0.3) is 16.8 Å². The van der Waals surface area contributed by atoms with Crippen molar-refractivity contribution in [2.45, 2.75) is 10.9 Å². The molecule has 5 rings (SSSR count). The number of aromatic nitrogens is 2. The summed E-state index contributed by atoms with van der Waals surface area (Å²) in [5, 5.41) is 0.442. The second kappa shape index (κ2) is 12.5.